The van der Waals surface area contributed by atoms with Crippen molar-refractivity contribution in [1.82, 2.24) is 5.32 Å². The molecule has 0 spiro atoms. The molecule has 0 heterocycles. The van der Waals surface area contributed by atoms with Crippen molar-refractivity contribution in [3.05, 3.63) is 65.4 Å². The second-order valence-electron chi connectivity index (χ2n) is 5.31. The summed E-state index contributed by atoms with van der Waals surface area (Å²) < 4.78 is 7.71. The van der Waals surface area contributed by atoms with E-state index in [1.165, 1.54) is 18.9 Å². The highest BCUT2D eigenvalue weighted by Gasteiger charge is 2.16. The molecular formula is C19H23NO2. The van der Waals surface area contributed by atoms with Crippen molar-refractivity contribution in [2.75, 3.05) is 6.54 Å². The van der Waals surface area contributed by atoms with Gasteiger partial charge in [-0.3, -0.25) is 4.79 Å². The zero-order chi connectivity index (χ0) is 16.7. The molecule has 2 N–H and O–H groups in total. The molecule has 1 aromatic carbocycles. The SMILES string of the molecule is [2H]C1=C(O)C=C/C(=C(/NCCCCCC)c2ccccc2)C1=O. The third-order valence-electron chi connectivity index (χ3n) is 3.56. The van der Waals surface area contributed by atoms with Crippen molar-refractivity contribution in [1.29, 1.82) is 0 Å². The number of rotatable bonds is 7. The molecule has 0 unspecified atom stereocenters. The first kappa shape index (κ1) is 14.6. The van der Waals surface area contributed by atoms with Crippen LogP contribution in [0, 0.1) is 0 Å². The number of hydrogen-bond acceptors (Lipinski definition) is 3. The molecule has 3 nitrogen and oxygen atoms in total. The maximum atomic E-state index is 12.3. The van der Waals surface area contributed by atoms with Crippen LogP contribution in [-0.2, 0) is 4.79 Å². The minimum atomic E-state index is -0.454. The van der Waals surface area contributed by atoms with E-state index in [1.807, 2.05) is 30.3 Å². The second-order valence-corrected chi connectivity index (χ2v) is 5.31. The van der Waals surface area contributed by atoms with Crippen molar-refractivity contribution >= 4 is 11.5 Å². The van der Waals surface area contributed by atoms with Crippen molar-refractivity contribution < 1.29 is 11.3 Å². The summed E-state index contributed by atoms with van der Waals surface area (Å²) in [7, 11) is 0. The Morgan fingerprint density at radius 3 is 2.68 bits per heavy atom. The average molecular weight is 298 g/mol. The van der Waals surface area contributed by atoms with Gasteiger partial charge in [0.25, 0.3) is 0 Å². The molecule has 0 aromatic heterocycles. The van der Waals surface area contributed by atoms with Crippen LogP contribution in [0.25, 0.3) is 5.70 Å². The Morgan fingerprint density at radius 2 is 1.95 bits per heavy atom. The van der Waals surface area contributed by atoms with Crippen LogP contribution in [0.3, 0.4) is 0 Å². The number of carbonyl (C=O) groups is 1. The van der Waals surface area contributed by atoms with Gasteiger partial charge >= 0.3 is 0 Å². The molecule has 0 atom stereocenters. The van der Waals surface area contributed by atoms with Crippen LogP contribution < -0.4 is 5.32 Å². The fourth-order valence-electron chi connectivity index (χ4n) is 2.38. The number of unbranched alkanes of at least 4 members (excludes halogenated alkanes) is 3. The minimum Gasteiger partial charge on any atom is -0.508 e. The Bertz CT molecular complexity index is 645. The summed E-state index contributed by atoms with van der Waals surface area (Å²) in [6.07, 6.45) is 7.54. The number of nitrogens with one attached hydrogen (secondary N) is 1. The van der Waals surface area contributed by atoms with Crippen LogP contribution in [0.5, 0.6) is 0 Å². The summed E-state index contributed by atoms with van der Waals surface area (Å²) in [4.78, 5) is 12.3. The van der Waals surface area contributed by atoms with Crippen molar-refractivity contribution in [2.24, 2.45) is 0 Å². The van der Waals surface area contributed by atoms with Gasteiger partial charge in [-0.25, -0.2) is 0 Å². The van der Waals surface area contributed by atoms with E-state index in [9.17, 15) is 9.90 Å². The van der Waals surface area contributed by atoms with Crippen LogP contribution >= 0.6 is 0 Å². The van der Waals surface area contributed by atoms with Gasteiger partial charge in [0, 0.05) is 18.2 Å². The second kappa shape index (κ2) is 8.23. The zero-order valence-corrected chi connectivity index (χ0v) is 12.9. The van der Waals surface area contributed by atoms with Crippen molar-refractivity contribution in [3.8, 4) is 0 Å². The van der Waals surface area contributed by atoms with Crippen LogP contribution in [0.1, 0.15) is 39.5 Å². The summed E-state index contributed by atoms with van der Waals surface area (Å²) in [5.41, 5.74) is 2.06. The van der Waals surface area contributed by atoms with Gasteiger partial charge in [0.2, 0.25) is 0 Å². The Morgan fingerprint density at radius 1 is 1.18 bits per heavy atom. The first-order valence-electron chi connectivity index (χ1n) is 8.31. The van der Waals surface area contributed by atoms with Gasteiger partial charge in [0.05, 0.1) is 7.07 Å². The van der Waals surface area contributed by atoms with Crippen LogP contribution in [0.2, 0.25) is 0 Å². The fraction of sp³-hybridized carbons (Fsp3) is 0.316. The van der Waals surface area contributed by atoms with Crippen molar-refractivity contribution in [2.45, 2.75) is 32.6 Å². The van der Waals surface area contributed by atoms with E-state index in [2.05, 4.69) is 12.2 Å². The highest BCUT2D eigenvalue weighted by molar-refractivity contribution is 6.12. The lowest BCUT2D eigenvalue weighted by Gasteiger charge is -2.16. The van der Waals surface area contributed by atoms with Crippen molar-refractivity contribution in [3.63, 3.8) is 0 Å². The predicted molar refractivity (Wildman–Crippen MR) is 90.4 cm³/mol. The maximum absolute atomic E-state index is 12.3. The largest absolute Gasteiger partial charge is 0.508 e. The van der Waals surface area contributed by atoms with Gasteiger partial charge in [-0.1, -0.05) is 56.5 Å². The molecule has 0 aliphatic heterocycles. The molecule has 0 saturated heterocycles. The molecule has 116 valence electrons. The van der Waals surface area contributed by atoms with E-state index in [0.29, 0.717) is 5.57 Å². The summed E-state index contributed by atoms with van der Waals surface area (Å²) in [5, 5.41) is 12.9. The lowest BCUT2D eigenvalue weighted by molar-refractivity contribution is -0.111. The van der Waals surface area contributed by atoms with Gasteiger partial charge in [-0.05, 0) is 24.1 Å². The lowest BCUT2D eigenvalue weighted by atomic mass is 9.98. The third-order valence-corrected chi connectivity index (χ3v) is 3.56. The molecule has 0 radical (unpaired) electrons. The Kier molecular flexibility index (Phi) is 5.47. The number of hydrogen-bond donors (Lipinski definition) is 2. The van der Waals surface area contributed by atoms with Gasteiger partial charge < -0.3 is 10.4 Å². The molecule has 0 amide bonds. The Labute approximate surface area is 133 Å². The lowest BCUT2D eigenvalue weighted by Crippen LogP contribution is -2.18. The molecule has 1 aliphatic rings. The number of allylic oxidation sites excluding steroid dienone is 4. The number of ketones is 1. The Balaban J connectivity index is 2.26. The molecular weight excluding hydrogens is 274 g/mol. The molecule has 0 fully saturated rings. The monoisotopic (exact) mass is 298 g/mol. The third kappa shape index (κ3) is 4.35. The average Bonchev–Trinajstić information content (AvgIpc) is 2.58. The number of benzene rings is 1. The van der Waals surface area contributed by atoms with E-state index in [4.69, 9.17) is 1.37 Å². The van der Waals surface area contributed by atoms with Crippen LogP contribution in [0.4, 0.5) is 0 Å². The summed E-state index contributed by atoms with van der Waals surface area (Å²) in [6.45, 7) is 2.95. The smallest absolute Gasteiger partial charge is 0.191 e. The summed E-state index contributed by atoms with van der Waals surface area (Å²) >= 11 is 0. The quantitative estimate of drug-likeness (QED) is 0.587. The van der Waals surface area contributed by atoms with Gasteiger partial charge in [-0.15, -0.1) is 0 Å². The normalized spacial score (nSPS) is 17.5. The van der Waals surface area contributed by atoms with E-state index in [-0.39, 0.29) is 11.8 Å². The Hall–Kier alpha value is -2.29. The van der Waals surface area contributed by atoms with Gasteiger partial charge in [0.1, 0.15) is 5.76 Å². The van der Waals surface area contributed by atoms with E-state index >= 15 is 0 Å². The van der Waals surface area contributed by atoms with E-state index in [0.717, 1.165) is 30.6 Å². The topological polar surface area (TPSA) is 49.3 Å². The van der Waals surface area contributed by atoms with Crippen LogP contribution in [0.15, 0.2) is 59.9 Å². The number of aliphatic hydroxyl groups is 1. The number of carbonyl (C=O) groups excluding carboxylic acids is 1. The highest BCUT2D eigenvalue weighted by Crippen LogP contribution is 2.21. The molecule has 2 rings (SSSR count). The predicted octanol–water partition coefficient (Wildman–Crippen LogP) is 4.15. The molecule has 22 heavy (non-hydrogen) atoms. The summed E-state index contributed by atoms with van der Waals surface area (Å²) in [6, 6.07) is 9.27. The van der Waals surface area contributed by atoms with Gasteiger partial charge in [0.15, 0.2) is 5.78 Å². The van der Waals surface area contributed by atoms with E-state index < -0.39 is 5.78 Å². The summed E-state index contributed by atoms with van der Waals surface area (Å²) in [5.74, 6) is -0.737. The standard InChI is InChI=1S/C19H23NO2/c1-2-3-4-8-13-20-19(15-9-6-5-7-10-15)17-12-11-16(21)14-18(17)22/h5-7,9-12,14,20-21H,2-4,8,13H2,1H3/b19-17-/i14D. The molecule has 1 aliphatic carbocycles. The maximum Gasteiger partial charge on any atom is 0.191 e. The fourth-order valence-corrected chi connectivity index (χ4v) is 2.38. The number of aliphatic hydroxyl groups excluding tert-OH is 1. The molecule has 3 heteroatoms. The molecule has 0 bridgehead atoms. The minimum absolute atomic E-state index is 0.283. The zero-order valence-electron chi connectivity index (χ0n) is 13.9. The van der Waals surface area contributed by atoms with Gasteiger partial charge in [-0.2, -0.15) is 0 Å². The molecule has 1 aromatic rings. The first-order valence-corrected chi connectivity index (χ1v) is 7.81. The first-order chi connectivity index (χ1) is 11.1. The van der Waals surface area contributed by atoms with Crippen LogP contribution in [-0.4, -0.2) is 17.4 Å². The molecule has 0 saturated carbocycles. The van der Waals surface area contributed by atoms with E-state index in [1.54, 1.807) is 6.08 Å². The highest BCUT2D eigenvalue weighted by atomic mass is 16.3.